The van der Waals surface area contributed by atoms with Crippen LogP contribution in [0.1, 0.15) is 60.3 Å². The minimum Gasteiger partial charge on any atom is -0.392 e. The van der Waals surface area contributed by atoms with Gasteiger partial charge in [0.25, 0.3) is 0 Å². The number of carbonyl (C=O) groups is 1. The van der Waals surface area contributed by atoms with Gasteiger partial charge in [0.15, 0.2) is 5.78 Å². The van der Waals surface area contributed by atoms with Crippen molar-refractivity contribution in [2.45, 2.75) is 102 Å². The summed E-state index contributed by atoms with van der Waals surface area (Å²) in [6.07, 6.45) is 8.77. The second-order valence-corrected chi connectivity index (χ2v) is 10.7. The van der Waals surface area contributed by atoms with E-state index in [2.05, 4.69) is 27.7 Å². The van der Waals surface area contributed by atoms with Gasteiger partial charge in [-0.1, -0.05) is 5.57 Å². The number of ketones is 1. The van der Waals surface area contributed by atoms with Crippen LogP contribution in [0.3, 0.4) is 0 Å². The van der Waals surface area contributed by atoms with Crippen LogP contribution in [0.25, 0.3) is 0 Å². The summed E-state index contributed by atoms with van der Waals surface area (Å²) in [5.74, 6) is -1.05. The third-order valence-corrected chi connectivity index (χ3v) is 7.67. The zero-order valence-corrected chi connectivity index (χ0v) is 19.1. The van der Waals surface area contributed by atoms with Gasteiger partial charge in [-0.3, -0.25) is 4.79 Å². The van der Waals surface area contributed by atoms with E-state index in [1.807, 2.05) is 25.2 Å². The van der Waals surface area contributed by atoms with Crippen LogP contribution in [0.2, 0.25) is 0 Å². The summed E-state index contributed by atoms with van der Waals surface area (Å²) < 4.78 is 24.9. The molecule has 0 bridgehead atoms. The first kappa shape index (κ1) is 21.5. The minimum atomic E-state index is -1.03. The van der Waals surface area contributed by atoms with Gasteiger partial charge in [-0.2, -0.15) is 0 Å². The van der Waals surface area contributed by atoms with Gasteiger partial charge in [0.2, 0.25) is 5.79 Å². The standard InChI is InChI=1S/C25H34O6/c1-14-8-20(22-24(5,31-22)7-6-21-23(3,4)30-21)29-25(11-14)12-16(13-26)17-10-18(27)15(2)9-19(17)28-25/h9,11-12,17,19-22,26H,6-8,10,13H2,1-5H3/t17-,19-,20+,21?,22?,24?,25-/m1/s1. The molecule has 5 rings (SSSR count). The topological polar surface area (TPSA) is 80.8 Å². The van der Waals surface area contributed by atoms with Gasteiger partial charge in [0.1, 0.15) is 6.10 Å². The van der Waals surface area contributed by atoms with Crippen LogP contribution in [-0.2, 0) is 23.7 Å². The molecular formula is C25H34O6. The minimum absolute atomic E-state index is 0.00351. The second-order valence-electron chi connectivity index (χ2n) is 10.7. The molecule has 2 fully saturated rings. The van der Waals surface area contributed by atoms with Gasteiger partial charge < -0.3 is 24.1 Å². The van der Waals surface area contributed by atoms with E-state index < -0.39 is 5.79 Å². The van der Waals surface area contributed by atoms with Crippen molar-refractivity contribution in [3.8, 4) is 0 Å². The molecule has 6 heteroatoms. The molecule has 0 aromatic carbocycles. The van der Waals surface area contributed by atoms with Crippen LogP contribution in [0, 0.1) is 5.92 Å². The van der Waals surface area contributed by atoms with Crippen molar-refractivity contribution in [2.75, 3.05) is 6.61 Å². The molecule has 5 aliphatic rings. The monoisotopic (exact) mass is 430 g/mol. The van der Waals surface area contributed by atoms with Crippen LogP contribution in [0.15, 0.2) is 34.9 Å². The van der Waals surface area contributed by atoms with Crippen LogP contribution < -0.4 is 0 Å². The number of fused-ring (bicyclic) bond motifs is 1. The van der Waals surface area contributed by atoms with Gasteiger partial charge in [0, 0.05) is 12.3 Å². The van der Waals surface area contributed by atoms with Gasteiger partial charge in [-0.05, 0) is 83.3 Å². The highest BCUT2D eigenvalue weighted by Crippen LogP contribution is 2.51. The van der Waals surface area contributed by atoms with Gasteiger partial charge in [0.05, 0.1) is 36.1 Å². The fraction of sp³-hybridized carbons (Fsp3) is 0.720. The van der Waals surface area contributed by atoms with Crippen LogP contribution in [0.5, 0.6) is 0 Å². The molecule has 0 amide bonds. The van der Waals surface area contributed by atoms with E-state index in [0.717, 1.165) is 24.8 Å². The number of carbonyl (C=O) groups excluding carboxylic acids is 1. The number of Topliss-reactive ketones (excluding diaryl/α,β-unsaturated/α-hetero) is 1. The summed E-state index contributed by atoms with van der Waals surface area (Å²) in [5.41, 5.74) is 2.49. The maximum absolute atomic E-state index is 12.2. The predicted molar refractivity (Wildman–Crippen MR) is 114 cm³/mol. The van der Waals surface area contributed by atoms with Crippen LogP contribution in [-0.4, -0.2) is 58.9 Å². The number of aliphatic hydroxyl groups excluding tert-OH is 1. The Labute approximate surface area is 184 Å². The average molecular weight is 431 g/mol. The smallest absolute Gasteiger partial charge is 0.209 e. The first-order valence-electron chi connectivity index (χ1n) is 11.5. The molecule has 0 radical (unpaired) electrons. The lowest BCUT2D eigenvalue weighted by Crippen LogP contribution is -2.50. The molecular weight excluding hydrogens is 396 g/mol. The largest absolute Gasteiger partial charge is 0.392 e. The van der Waals surface area contributed by atoms with Gasteiger partial charge in [-0.15, -0.1) is 0 Å². The van der Waals surface area contributed by atoms with Crippen molar-refractivity contribution in [3.05, 3.63) is 34.9 Å². The lowest BCUT2D eigenvalue weighted by Gasteiger charge is -2.45. The fourth-order valence-corrected chi connectivity index (χ4v) is 5.59. The molecule has 6 nitrogen and oxygen atoms in total. The molecule has 1 aliphatic carbocycles. The normalized spacial score (nSPS) is 45.5. The summed E-state index contributed by atoms with van der Waals surface area (Å²) in [7, 11) is 0. The fourth-order valence-electron chi connectivity index (χ4n) is 5.59. The Balaban J connectivity index is 1.33. The first-order valence-corrected chi connectivity index (χ1v) is 11.5. The van der Waals surface area contributed by atoms with E-state index in [1.54, 1.807) is 0 Å². The summed E-state index contributed by atoms with van der Waals surface area (Å²) in [5, 5.41) is 10.0. The van der Waals surface area contributed by atoms with E-state index >= 15 is 0 Å². The molecule has 1 spiro atoms. The van der Waals surface area contributed by atoms with E-state index in [-0.39, 0.29) is 47.8 Å². The van der Waals surface area contributed by atoms with Gasteiger partial charge in [-0.25, -0.2) is 0 Å². The number of ether oxygens (including phenoxy) is 4. The third kappa shape index (κ3) is 3.87. The van der Waals surface area contributed by atoms with E-state index in [9.17, 15) is 9.90 Å². The van der Waals surface area contributed by atoms with Crippen LogP contribution in [0.4, 0.5) is 0 Å². The molecule has 0 aromatic rings. The second kappa shape index (κ2) is 7.09. The molecule has 3 unspecified atom stereocenters. The number of aliphatic hydroxyl groups is 1. The molecule has 4 aliphatic heterocycles. The zero-order valence-electron chi connectivity index (χ0n) is 19.1. The van der Waals surface area contributed by atoms with Crippen molar-refractivity contribution in [2.24, 2.45) is 5.92 Å². The van der Waals surface area contributed by atoms with Crippen molar-refractivity contribution in [1.29, 1.82) is 0 Å². The Hall–Kier alpha value is -1.31. The summed E-state index contributed by atoms with van der Waals surface area (Å²) in [6.45, 7) is 10.2. The zero-order chi connectivity index (χ0) is 22.2. The molecule has 2 saturated heterocycles. The maximum Gasteiger partial charge on any atom is 0.209 e. The average Bonchev–Trinajstić information content (AvgIpc) is 3.54. The molecule has 1 N–H and O–H groups in total. The number of epoxide rings is 2. The van der Waals surface area contributed by atoms with Gasteiger partial charge >= 0.3 is 0 Å². The Morgan fingerprint density at radius 1 is 1.06 bits per heavy atom. The molecule has 4 heterocycles. The lowest BCUT2D eigenvalue weighted by atomic mass is 9.79. The highest BCUT2D eigenvalue weighted by Gasteiger charge is 2.60. The van der Waals surface area contributed by atoms with E-state index in [1.165, 1.54) is 5.57 Å². The molecule has 0 saturated carbocycles. The van der Waals surface area contributed by atoms with E-state index in [4.69, 9.17) is 18.9 Å². The maximum atomic E-state index is 12.2. The Morgan fingerprint density at radius 2 is 1.81 bits per heavy atom. The van der Waals surface area contributed by atoms with Crippen molar-refractivity contribution < 1.29 is 28.8 Å². The summed E-state index contributed by atoms with van der Waals surface area (Å²) in [6, 6.07) is 0. The Morgan fingerprint density at radius 3 is 2.48 bits per heavy atom. The van der Waals surface area contributed by atoms with Crippen molar-refractivity contribution in [1.82, 2.24) is 0 Å². The molecule has 170 valence electrons. The van der Waals surface area contributed by atoms with Crippen LogP contribution >= 0.6 is 0 Å². The van der Waals surface area contributed by atoms with Crippen molar-refractivity contribution >= 4 is 5.78 Å². The lowest BCUT2D eigenvalue weighted by molar-refractivity contribution is -0.236. The Bertz CT molecular complexity index is 884. The SMILES string of the molecule is CC1=C[C@]2(C=C(CO)[C@H]3CC(=O)C(C)=C[C@H]3O2)O[C@H](C2OC2(C)CCC2OC2(C)C)C1. The quantitative estimate of drug-likeness (QED) is 0.532. The summed E-state index contributed by atoms with van der Waals surface area (Å²) >= 11 is 0. The molecule has 7 atom stereocenters. The highest BCUT2D eigenvalue weighted by atomic mass is 16.7. The van der Waals surface area contributed by atoms with Crippen molar-refractivity contribution in [3.63, 3.8) is 0 Å². The third-order valence-electron chi connectivity index (χ3n) is 7.67. The number of hydrogen-bond donors (Lipinski definition) is 1. The number of allylic oxidation sites excluding steroid dienone is 1. The Kier molecular flexibility index (Phi) is 4.93. The number of rotatable bonds is 5. The first-order chi connectivity index (χ1) is 14.5. The molecule has 31 heavy (non-hydrogen) atoms. The predicted octanol–water partition coefficient (Wildman–Crippen LogP) is 3.39. The highest BCUT2D eigenvalue weighted by molar-refractivity contribution is 5.96. The van der Waals surface area contributed by atoms with E-state index in [0.29, 0.717) is 18.1 Å². The number of hydrogen-bond acceptors (Lipinski definition) is 6. The summed E-state index contributed by atoms with van der Waals surface area (Å²) in [4.78, 5) is 12.2. The molecule has 0 aromatic heterocycles.